The van der Waals surface area contributed by atoms with E-state index >= 15 is 0 Å². The van der Waals surface area contributed by atoms with E-state index in [1.165, 1.54) is 4.68 Å². The molecule has 0 fully saturated rings. The van der Waals surface area contributed by atoms with Gasteiger partial charge in [-0.2, -0.15) is 0 Å². The lowest BCUT2D eigenvalue weighted by Gasteiger charge is -2.14. The van der Waals surface area contributed by atoms with Crippen molar-refractivity contribution in [3.8, 4) is 5.69 Å². The molecule has 1 N–H and O–H groups in total. The number of carbonyl (C=O) groups excluding carboxylic acids is 1. The van der Waals surface area contributed by atoms with Crippen molar-refractivity contribution in [2.45, 2.75) is 25.1 Å². The molecule has 1 heterocycles. The van der Waals surface area contributed by atoms with Crippen LogP contribution in [0.3, 0.4) is 0 Å². The number of para-hydroxylation sites is 1. The molecule has 1 aromatic carbocycles. The molecule has 0 aliphatic carbocycles. The third kappa shape index (κ3) is 2.95. The number of alkyl halides is 1. The molecule has 0 atom stereocenters. The van der Waals surface area contributed by atoms with Gasteiger partial charge >= 0.3 is 0 Å². The highest BCUT2D eigenvalue weighted by Gasteiger charge is 2.26. The fraction of sp³-hybridized carbons (Fsp3) is 0.333. The van der Waals surface area contributed by atoms with Gasteiger partial charge in [0.2, 0.25) is 5.91 Å². The largest absolute Gasteiger partial charge is 0.319 e. The molecule has 112 valence electrons. The van der Waals surface area contributed by atoms with Crippen molar-refractivity contribution >= 4 is 27.5 Å². The second-order valence-corrected chi connectivity index (χ2v) is 7.35. The third-order valence-electron chi connectivity index (χ3n) is 3.33. The number of anilines is 1. The Balaban J connectivity index is 2.52. The molecule has 6 heteroatoms. The minimum absolute atomic E-state index is 0.244. The van der Waals surface area contributed by atoms with Gasteiger partial charge in [-0.15, -0.1) is 0 Å². The first-order valence-corrected chi connectivity index (χ1v) is 7.37. The van der Waals surface area contributed by atoms with E-state index in [9.17, 15) is 9.59 Å². The van der Waals surface area contributed by atoms with E-state index < -0.39 is 4.32 Å². The quantitative estimate of drug-likeness (QED) is 0.864. The van der Waals surface area contributed by atoms with Gasteiger partial charge < -0.3 is 5.32 Å². The smallest absolute Gasteiger partial charge is 0.295 e. The van der Waals surface area contributed by atoms with E-state index in [0.29, 0.717) is 11.4 Å². The molecule has 2 aromatic rings. The predicted molar refractivity (Wildman–Crippen MR) is 87.4 cm³/mol. The lowest BCUT2D eigenvalue weighted by atomic mass is 10.2. The molecule has 21 heavy (non-hydrogen) atoms. The number of halogens is 1. The first-order chi connectivity index (χ1) is 9.73. The zero-order chi connectivity index (χ0) is 15.8. The number of aromatic nitrogens is 2. The summed E-state index contributed by atoms with van der Waals surface area (Å²) >= 11 is 3.29. The minimum Gasteiger partial charge on any atom is -0.319 e. The van der Waals surface area contributed by atoms with Crippen molar-refractivity contribution < 1.29 is 4.79 Å². The fourth-order valence-corrected chi connectivity index (χ4v) is 2.07. The maximum Gasteiger partial charge on any atom is 0.295 e. The second kappa shape index (κ2) is 5.52. The van der Waals surface area contributed by atoms with Gasteiger partial charge in [0.1, 0.15) is 5.69 Å². The lowest BCUT2D eigenvalue weighted by Crippen LogP contribution is -2.33. The lowest BCUT2D eigenvalue weighted by molar-refractivity contribution is -0.117. The van der Waals surface area contributed by atoms with Crippen LogP contribution >= 0.6 is 15.9 Å². The van der Waals surface area contributed by atoms with Crippen LogP contribution in [0, 0.1) is 6.92 Å². The van der Waals surface area contributed by atoms with Crippen LogP contribution in [0.25, 0.3) is 5.69 Å². The van der Waals surface area contributed by atoms with Gasteiger partial charge in [-0.25, -0.2) is 4.68 Å². The van der Waals surface area contributed by atoms with E-state index in [1.807, 2.05) is 30.3 Å². The predicted octanol–water partition coefficient (Wildman–Crippen LogP) is 2.60. The molecule has 2 rings (SSSR count). The summed E-state index contributed by atoms with van der Waals surface area (Å²) in [6.45, 7) is 5.27. The highest BCUT2D eigenvalue weighted by Crippen LogP contribution is 2.20. The van der Waals surface area contributed by atoms with Gasteiger partial charge in [0.25, 0.3) is 5.56 Å². The second-order valence-electron chi connectivity index (χ2n) is 5.36. The Labute approximate surface area is 131 Å². The molecule has 0 bridgehead atoms. The highest BCUT2D eigenvalue weighted by atomic mass is 79.9. The Kier molecular flexibility index (Phi) is 4.09. The van der Waals surface area contributed by atoms with Crippen LogP contribution in [-0.2, 0) is 11.8 Å². The number of amides is 1. The van der Waals surface area contributed by atoms with Crippen molar-refractivity contribution in [3.63, 3.8) is 0 Å². The normalized spacial score (nSPS) is 11.5. The first kappa shape index (κ1) is 15.6. The summed E-state index contributed by atoms with van der Waals surface area (Å²) < 4.78 is 2.53. The number of nitrogens with zero attached hydrogens (tertiary/aromatic N) is 2. The van der Waals surface area contributed by atoms with Crippen molar-refractivity contribution in [1.29, 1.82) is 0 Å². The maximum absolute atomic E-state index is 12.6. The number of rotatable bonds is 3. The van der Waals surface area contributed by atoms with Crippen molar-refractivity contribution in [1.82, 2.24) is 9.36 Å². The average molecular weight is 352 g/mol. The molecular formula is C15H18BrN3O2. The Morgan fingerprint density at radius 3 is 2.33 bits per heavy atom. The summed E-state index contributed by atoms with van der Waals surface area (Å²) in [7, 11) is 1.79. The third-order valence-corrected chi connectivity index (χ3v) is 3.69. The number of nitrogens with one attached hydrogen (secondary N) is 1. The molecule has 0 radical (unpaired) electrons. The van der Waals surface area contributed by atoms with E-state index in [0.717, 1.165) is 5.69 Å². The number of carbonyl (C=O) groups is 1. The summed E-state index contributed by atoms with van der Waals surface area (Å²) in [5, 5.41) is 2.71. The fourth-order valence-electron chi connectivity index (χ4n) is 1.97. The summed E-state index contributed by atoms with van der Waals surface area (Å²) in [4.78, 5) is 24.7. The van der Waals surface area contributed by atoms with E-state index in [-0.39, 0.29) is 11.5 Å². The molecule has 1 amide bonds. The summed E-state index contributed by atoms with van der Waals surface area (Å²) in [5.41, 5.74) is 1.52. The topological polar surface area (TPSA) is 56.0 Å². The van der Waals surface area contributed by atoms with Crippen molar-refractivity contribution in [3.05, 3.63) is 46.4 Å². The molecule has 0 unspecified atom stereocenters. The zero-order valence-corrected chi connectivity index (χ0v) is 14.1. The van der Waals surface area contributed by atoms with E-state index in [4.69, 9.17) is 0 Å². The Morgan fingerprint density at radius 2 is 1.81 bits per heavy atom. The molecule has 0 spiro atoms. The van der Waals surface area contributed by atoms with Crippen LogP contribution in [0.2, 0.25) is 0 Å². The van der Waals surface area contributed by atoms with Crippen LogP contribution in [-0.4, -0.2) is 19.6 Å². The van der Waals surface area contributed by atoms with Crippen LogP contribution in [0.1, 0.15) is 19.5 Å². The van der Waals surface area contributed by atoms with Gasteiger partial charge in [-0.3, -0.25) is 14.3 Å². The molecule has 0 saturated heterocycles. The molecule has 0 aliphatic heterocycles. The van der Waals surface area contributed by atoms with Gasteiger partial charge in [0, 0.05) is 7.05 Å². The van der Waals surface area contributed by atoms with Gasteiger partial charge in [-0.05, 0) is 32.9 Å². The maximum atomic E-state index is 12.6. The minimum atomic E-state index is -0.737. The molecular weight excluding hydrogens is 334 g/mol. The van der Waals surface area contributed by atoms with Crippen molar-refractivity contribution in [2.75, 3.05) is 5.32 Å². The van der Waals surface area contributed by atoms with Gasteiger partial charge in [-0.1, -0.05) is 34.1 Å². The molecule has 0 saturated carbocycles. The van der Waals surface area contributed by atoms with Crippen LogP contribution in [0.15, 0.2) is 35.1 Å². The summed E-state index contributed by atoms with van der Waals surface area (Å²) in [6.07, 6.45) is 0. The summed E-state index contributed by atoms with van der Waals surface area (Å²) in [6, 6.07) is 9.32. The Morgan fingerprint density at radius 1 is 1.24 bits per heavy atom. The molecule has 5 nitrogen and oxygen atoms in total. The van der Waals surface area contributed by atoms with Gasteiger partial charge in [0.05, 0.1) is 15.7 Å². The average Bonchev–Trinajstić information content (AvgIpc) is 2.63. The van der Waals surface area contributed by atoms with Gasteiger partial charge in [0.15, 0.2) is 0 Å². The Hall–Kier alpha value is -1.82. The number of benzene rings is 1. The van der Waals surface area contributed by atoms with Crippen LogP contribution in [0.5, 0.6) is 0 Å². The Bertz CT molecular complexity index is 724. The van der Waals surface area contributed by atoms with Crippen molar-refractivity contribution in [2.24, 2.45) is 7.05 Å². The number of hydrogen-bond donors (Lipinski definition) is 1. The van der Waals surface area contributed by atoms with E-state index in [1.54, 1.807) is 32.5 Å². The highest BCUT2D eigenvalue weighted by molar-refractivity contribution is 9.10. The monoisotopic (exact) mass is 351 g/mol. The zero-order valence-electron chi connectivity index (χ0n) is 12.5. The standard InChI is InChI=1S/C15H18BrN3O2/c1-10-12(17-14(21)15(2,3)16)13(20)19(18(10)4)11-8-6-5-7-9-11/h5-9H,1-4H3,(H,17,21). The number of hydrogen-bond acceptors (Lipinski definition) is 2. The molecule has 1 aromatic heterocycles. The van der Waals surface area contributed by atoms with Crippen LogP contribution < -0.4 is 10.9 Å². The first-order valence-electron chi connectivity index (χ1n) is 6.58. The van der Waals surface area contributed by atoms with E-state index in [2.05, 4.69) is 21.2 Å². The summed E-state index contributed by atoms with van der Waals surface area (Å²) in [5.74, 6) is -0.256. The van der Waals surface area contributed by atoms with Crippen LogP contribution in [0.4, 0.5) is 5.69 Å². The molecule has 0 aliphatic rings. The SMILES string of the molecule is Cc1c(NC(=O)C(C)(C)Br)c(=O)n(-c2ccccc2)n1C.